The van der Waals surface area contributed by atoms with Gasteiger partial charge in [0.05, 0.1) is 19.3 Å². The quantitative estimate of drug-likeness (QED) is 0.660. The summed E-state index contributed by atoms with van der Waals surface area (Å²) in [7, 11) is 1.48. The molecule has 0 radical (unpaired) electrons. The number of hydrogen-bond donors (Lipinski definition) is 1. The van der Waals surface area contributed by atoms with Crippen molar-refractivity contribution in [1.29, 1.82) is 0 Å². The maximum atomic E-state index is 11.1. The Morgan fingerprint density at radius 3 is 2.68 bits per heavy atom. The van der Waals surface area contributed by atoms with Gasteiger partial charge in [-0.05, 0) is 25.1 Å². The number of hydrogen-bond acceptors (Lipinski definition) is 4. The van der Waals surface area contributed by atoms with E-state index in [4.69, 9.17) is 14.6 Å². The molecule has 0 heterocycles. The molecule has 19 heavy (non-hydrogen) atoms. The Balaban J connectivity index is 2.95. The van der Waals surface area contributed by atoms with E-state index < -0.39 is 11.9 Å². The van der Waals surface area contributed by atoms with Crippen molar-refractivity contribution in [2.24, 2.45) is 0 Å². The van der Waals surface area contributed by atoms with Crippen LogP contribution in [0.25, 0.3) is 0 Å². The Labute approximate surface area is 111 Å². The number of carbonyl (C=O) groups is 2. The van der Waals surface area contributed by atoms with E-state index >= 15 is 0 Å². The van der Waals surface area contributed by atoms with Gasteiger partial charge in [-0.3, -0.25) is 4.79 Å². The average molecular weight is 262 g/mol. The van der Waals surface area contributed by atoms with E-state index in [0.717, 1.165) is 0 Å². The van der Waals surface area contributed by atoms with Gasteiger partial charge in [0.2, 0.25) is 0 Å². The first kappa shape index (κ1) is 14.6. The van der Waals surface area contributed by atoms with Crippen molar-refractivity contribution < 1.29 is 24.2 Å². The molecule has 0 aliphatic heterocycles. The van der Waals surface area contributed by atoms with Crippen molar-refractivity contribution in [1.82, 2.24) is 0 Å². The summed E-state index contributed by atoms with van der Waals surface area (Å²) < 4.78 is 9.72. The van der Waals surface area contributed by atoms with Crippen LogP contribution >= 0.6 is 0 Å². The second kappa shape index (κ2) is 7.07. The van der Waals surface area contributed by atoms with E-state index in [9.17, 15) is 9.59 Å². The molecular formula is C14H14O5. The Morgan fingerprint density at radius 2 is 2.11 bits per heavy atom. The molecule has 100 valence electrons. The van der Waals surface area contributed by atoms with Crippen molar-refractivity contribution in [3.63, 3.8) is 0 Å². The first-order valence-corrected chi connectivity index (χ1v) is 5.64. The molecule has 1 N–H and O–H groups in total. The number of methoxy groups -OCH3 is 1. The Bertz CT molecular complexity index is 537. The fourth-order valence-corrected chi connectivity index (χ4v) is 1.36. The molecule has 0 aromatic heterocycles. The van der Waals surface area contributed by atoms with Crippen LogP contribution in [0.5, 0.6) is 5.75 Å². The third-order valence-electron chi connectivity index (χ3n) is 2.22. The minimum Gasteiger partial charge on any atom is -0.497 e. The minimum atomic E-state index is -1.08. The van der Waals surface area contributed by atoms with Crippen molar-refractivity contribution in [2.75, 3.05) is 13.7 Å². The summed E-state index contributed by atoms with van der Waals surface area (Å²) in [6.45, 7) is 2.00. The van der Waals surface area contributed by atoms with Gasteiger partial charge in [0.25, 0.3) is 0 Å². The number of ether oxygens (including phenoxy) is 2. The highest BCUT2D eigenvalue weighted by Crippen LogP contribution is 2.17. The van der Waals surface area contributed by atoms with Crippen molar-refractivity contribution in [3.8, 4) is 17.6 Å². The zero-order valence-electron chi connectivity index (χ0n) is 10.7. The number of esters is 1. The van der Waals surface area contributed by atoms with Gasteiger partial charge in [-0.15, -0.1) is 0 Å². The predicted molar refractivity (Wildman–Crippen MR) is 68.1 cm³/mol. The van der Waals surface area contributed by atoms with Crippen LogP contribution in [0, 0.1) is 11.8 Å². The molecular weight excluding hydrogens is 248 g/mol. The molecule has 5 heteroatoms. The lowest BCUT2D eigenvalue weighted by molar-refractivity contribution is -0.141. The lowest BCUT2D eigenvalue weighted by Gasteiger charge is -2.03. The Morgan fingerprint density at radius 1 is 1.37 bits per heavy atom. The number of aromatic carboxylic acids is 1. The molecule has 0 unspecified atom stereocenters. The Kier molecular flexibility index (Phi) is 5.42. The highest BCUT2D eigenvalue weighted by molar-refractivity contribution is 5.91. The van der Waals surface area contributed by atoms with Crippen LogP contribution < -0.4 is 4.74 Å². The topological polar surface area (TPSA) is 72.8 Å². The van der Waals surface area contributed by atoms with Crippen LogP contribution in [-0.4, -0.2) is 30.8 Å². The lowest BCUT2D eigenvalue weighted by Crippen LogP contribution is -2.02. The van der Waals surface area contributed by atoms with Gasteiger partial charge < -0.3 is 14.6 Å². The first-order chi connectivity index (χ1) is 9.08. The van der Waals surface area contributed by atoms with Crippen LogP contribution in [0.3, 0.4) is 0 Å². The van der Waals surface area contributed by atoms with Gasteiger partial charge in [0.15, 0.2) is 0 Å². The highest BCUT2D eigenvalue weighted by Gasteiger charge is 2.09. The summed E-state index contributed by atoms with van der Waals surface area (Å²) in [5.41, 5.74) is 0.369. The van der Waals surface area contributed by atoms with E-state index in [1.54, 1.807) is 13.0 Å². The van der Waals surface area contributed by atoms with Crippen LogP contribution in [0.4, 0.5) is 0 Å². The van der Waals surface area contributed by atoms with Crippen molar-refractivity contribution in [3.05, 3.63) is 29.3 Å². The summed E-state index contributed by atoms with van der Waals surface area (Å²) in [4.78, 5) is 22.1. The molecule has 0 aliphatic rings. The van der Waals surface area contributed by atoms with E-state index in [2.05, 4.69) is 11.8 Å². The molecule has 0 amide bonds. The third-order valence-corrected chi connectivity index (χ3v) is 2.22. The molecule has 0 aliphatic carbocycles. The summed E-state index contributed by atoms with van der Waals surface area (Å²) >= 11 is 0. The van der Waals surface area contributed by atoms with Gasteiger partial charge in [0, 0.05) is 5.56 Å². The lowest BCUT2D eigenvalue weighted by atomic mass is 10.1. The maximum Gasteiger partial charge on any atom is 0.336 e. The number of carbonyl (C=O) groups excluding carboxylic acids is 1. The van der Waals surface area contributed by atoms with Crippen molar-refractivity contribution >= 4 is 11.9 Å². The summed E-state index contributed by atoms with van der Waals surface area (Å²) in [5, 5.41) is 9.02. The van der Waals surface area contributed by atoms with Gasteiger partial charge in [-0.25, -0.2) is 4.79 Å². The molecule has 5 nitrogen and oxygen atoms in total. The fraction of sp³-hybridized carbons (Fsp3) is 0.286. The van der Waals surface area contributed by atoms with Gasteiger partial charge >= 0.3 is 11.9 Å². The second-order valence-electron chi connectivity index (χ2n) is 3.50. The van der Waals surface area contributed by atoms with E-state index in [-0.39, 0.29) is 12.0 Å². The monoisotopic (exact) mass is 262 g/mol. The molecule has 0 saturated carbocycles. The van der Waals surface area contributed by atoms with Gasteiger partial charge in [0.1, 0.15) is 12.2 Å². The summed E-state index contributed by atoms with van der Waals surface area (Å²) in [6, 6.07) is 4.47. The second-order valence-corrected chi connectivity index (χ2v) is 3.50. The first-order valence-electron chi connectivity index (χ1n) is 5.64. The molecule has 0 saturated heterocycles. The molecule has 1 rings (SSSR count). The minimum absolute atomic E-state index is 0.0668. The van der Waals surface area contributed by atoms with Gasteiger partial charge in [-0.1, -0.05) is 11.8 Å². The number of carboxylic acid groups (broad SMARTS) is 1. The number of benzene rings is 1. The average Bonchev–Trinajstić information content (AvgIpc) is 2.38. The standard InChI is InChI=1S/C14H14O5/c1-3-19-13(15)6-4-5-10-9-11(18-2)7-8-12(10)14(16)17/h7-9H,3,6H2,1-2H3,(H,16,17). The zero-order chi connectivity index (χ0) is 14.3. The van der Waals surface area contributed by atoms with E-state index in [0.29, 0.717) is 17.9 Å². The van der Waals surface area contributed by atoms with Crippen molar-refractivity contribution in [2.45, 2.75) is 13.3 Å². The zero-order valence-corrected chi connectivity index (χ0v) is 10.7. The van der Waals surface area contributed by atoms with Gasteiger partial charge in [-0.2, -0.15) is 0 Å². The summed E-state index contributed by atoms with van der Waals surface area (Å²) in [5.74, 6) is 4.23. The highest BCUT2D eigenvalue weighted by atomic mass is 16.5. The predicted octanol–water partition coefficient (Wildman–Crippen LogP) is 1.70. The molecule has 1 aromatic carbocycles. The van der Waals surface area contributed by atoms with Crippen LogP contribution in [0.15, 0.2) is 18.2 Å². The number of rotatable bonds is 4. The largest absolute Gasteiger partial charge is 0.497 e. The molecule has 0 bridgehead atoms. The third kappa shape index (κ3) is 4.36. The maximum absolute atomic E-state index is 11.1. The SMILES string of the molecule is CCOC(=O)CC#Cc1cc(OC)ccc1C(=O)O. The fourth-order valence-electron chi connectivity index (χ4n) is 1.36. The molecule has 0 fully saturated rings. The van der Waals surface area contributed by atoms with Crippen LogP contribution in [0.2, 0.25) is 0 Å². The Hall–Kier alpha value is -2.48. The molecule has 1 aromatic rings. The van der Waals surface area contributed by atoms with Crippen LogP contribution in [-0.2, 0) is 9.53 Å². The molecule has 0 atom stereocenters. The molecule has 0 spiro atoms. The normalized spacial score (nSPS) is 9.16. The number of carboxylic acids is 1. The smallest absolute Gasteiger partial charge is 0.336 e. The van der Waals surface area contributed by atoms with E-state index in [1.165, 1.54) is 19.2 Å². The summed E-state index contributed by atoms with van der Waals surface area (Å²) in [6.07, 6.45) is -0.0793. The van der Waals surface area contributed by atoms with Crippen LogP contribution in [0.1, 0.15) is 29.3 Å². The van der Waals surface area contributed by atoms with E-state index in [1.807, 2.05) is 0 Å².